The zero-order chi connectivity index (χ0) is 14.9. The summed E-state index contributed by atoms with van der Waals surface area (Å²) in [6.45, 7) is 1.27. The second-order valence-corrected chi connectivity index (χ2v) is 5.35. The summed E-state index contributed by atoms with van der Waals surface area (Å²) in [6.07, 6.45) is 0.863. The zero-order valence-corrected chi connectivity index (χ0v) is 13.1. The Morgan fingerprint density at radius 1 is 1.00 bits per heavy atom. The molecule has 2 nitrogen and oxygen atoms in total. The molecule has 2 rings (SSSR count). The lowest BCUT2D eigenvalue weighted by molar-refractivity contribution is 0.0929. The summed E-state index contributed by atoms with van der Waals surface area (Å²) in [6, 6.07) is 18.2. The van der Waals surface area contributed by atoms with Crippen LogP contribution in [0.1, 0.15) is 11.1 Å². The van der Waals surface area contributed by atoms with Crippen molar-refractivity contribution in [3.63, 3.8) is 0 Å². The van der Waals surface area contributed by atoms with Gasteiger partial charge in [0.1, 0.15) is 5.75 Å². The third-order valence-corrected chi connectivity index (χ3v) is 3.82. The summed E-state index contributed by atoms with van der Waals surface area (Å²) in [5.74, 6) is 1.77. The molecule has 0 heterocycles. The fraction of sp³-hybridized carbons (Fsp3) is 0.333. The highest BCUT2D eigenvalue weighted by atomic mass is 35.5. The molecule has 3 heteroatoms. The lowest BCUT2D eigenvalue weighted by Gasteiger charge is -2.16. The van der Waals surface area contributed by atoms with Crippen molar-refractivity contribution in [3.05, 3.63) is 65.7 Å². The Kier molecular flexibility index (Phi) is 6.58. The van der Waals surface area contributed by atoms with E-state index in [2.05, 4.69) is 18.2 Å². The fourth-order valence-corrected chi connectivity index (χ4v) is 2.46. The van der Waals surface area contributed by atoms with Crippen LogP contribution < -0.4 is 4.74 Å². The summed E-state index contributed by atoms with van der Waals surface area (Å²) >= 11 is 6.07. The van der Waals surface area contributed by atoms with E-state index >= 15 is 0 Å². The van der Waals surface area contributed by atoms with Crippen LogP contribution >= 0.6 is 11.6 Å². The molecule has 2 aromatic carbocycles. The molecule has 1 unspecified atom stereocenters. The molecule has 0 spiro atoms. The largest absolute Gasteiger partial charge is 0.496 e. The van der Waals surface area contributed by atoms with Crippen molar-refractivity contribution in [1.82, 2.24) is 0 Å². The van der Waals surface area contributed by atoms with Crippen LogP contribution in [0.4, 0.5) is 0 Å². The minimum absolute atomic E-state index is 0.284. The van der Waals surface area contributed by atoms with Crippen LogP contribution in [0.5, 0.6) is 5.75 Å². The Labute approximate surface area is 131 Å². The maximum Gasteiger partial charge on any atom is 0.122 e. The first-order valence-electron chi connectivity index (χ1n) is 7.13. The molecule has 1 atom stereocenters. The van der Waals surface area contributed by atoms with E-state index in [1.54, 1.807) is 7.11 Å². The average Bonchev–Trinajstić information content (AvgIpc) is 2.55. The Balaban J connectivity index is 1.85. The predicted molar refractivity (Wildman–Crippen MR) is 87.0 cm³/mol. The quantitative estimate of drug-likeness (QED) is 0.677. The lowest BCUT2D eigenvalue weighted by atomic mass is 10.0. The van der Waals surface area contributed by atoms with Crippen molar-refractivity contribution in [1.29, 1.82) is 0 Å². The van der Waals surface area contributed by atoms with E-state index in [1.165, 1.54) is 11.1 Å². The van der Waals surface area contributed by atoms with Crippen molar-refractivity contribution in [2.75, 3.05) is 19.6 Å². The van der Waals surface area contributed by atoms with Gasteiger partial charge in [-0.05, 0) is 29.5 Å². The molecule has 0 fully saturated rings. The summed E-state index contributed by atoms with van der Waals surface area (Å²) in [7, 11) is 1.69. The van der Waals surface area contributed by atoms with Gasteiger partial charge in [0.05, 0.1) is 20.3 Å². The number of rotatable bonds is 8. The first-order valence-corrected chi connectivity index (χ1v) is 7.66. The molecule has 0 saturated heterocycles. The molecule has 0 bridgehead atoms. The molecule has 0 aliphatic heterocycles. The molecule has 0 amide bonds. The van der Waals surface area contributed by atoms with Gasteiger partial charge in [-0.25, -0.2) is 0 Å². The highest BCUT2D eigenvalue weighted by Gasteiger charge is 2.12. The highest BCUT2D eigenvalue weighted by molar-refractivity contribution is 6.18. The summed E-state index contributed by atoms with van der Waals surface area (Å²) in [5, 5.41) is 0. The molecule has 0 N–H and O–H groups in total. The molecule has 0 aliphatic carbocycles. The summed E-state index contributed by atoms with van der Waals surface area (Å²) < 4.78 is 11.2. The second kappa shape index (κ2) is 8.71. The summed E-state index contributed by atoms with van der Waals surface area (Å²) in [4.78, 5) is 0. The molecule has 112 valence electrons. The number of para-hydroxylation sites is 1. The molecule has 0 aliphatic rings. The van der Waals surface area contributed by atoms with E-state index in [0.29, 0.717) is 19.1 Å². The van der Waals surface area contributed by atoms with Gasteiger partial charge in [0.15, 0.2) is 0 Å². The molecule has 21 heavy (non-hydrogen) atoms. The van der Waals surface area contributed by atoms with Gasteiger partial charge in [-0.15, -0.1) is 11.6 Å². The van der Waals surface area contributed by atoms with Crippen LogP contribution in [-0.2, 0) is 17.8 Å². The van der Waals surface area contributed by atoms with Crippen LogP contribution in [0, 0.1) is 5.92 Å². The number of benzene rings is 2. The molecular formula is C18H21ClO2. The minimum atomic E-state index is 0.284. The van der Waals surface area contributed by atoms with E-state index in [-0.39, 0.29) is 5.92 Å². The second-order valence-electron chi connectivity index (χ2n) is 5.04. The van der Waals surface area contributed by atoms with Crippen LogP contribution in [0.2, 0.25) is 0 Å². The minimum Gasteiger partial charge on any atom is -0.496 e. The number of hydrogen-bond donors (Lipinski definition) is 0. The lowest BCUT2D eigenvalue weighted by Crippen LogP contribution is -2.15. The van der Waals surface area contributed by atoms with Crippen molar-refractivity contribution in [2.45, 2.75) is 13.0 Å². The van der Waals surface area contributed by atoms with Crippen molar-refractivity contribution in [3.8, 4) is 5.75 Å². The average molecular weight is 305 g/mol. The normalized spacial score (nSPS) is 12.1. The highest BCUT2D eigenvalue weighted by Crippen LogP contribution is 2.22. The zero-order valence-electron chi connectivity index (χ0n) is 12.3. The Hall–Kier alpha value is -1.51. The smallest absolute Gasteiger partial charge is 0.122 e. The van der Waals surface area contributed by atoms with E-state index in [1.807, 2.05) is 36.4 Å². The number of alkyl halides is 1. The fourth-order valence-electron chi connectivity index (χ4n) is 2.26. The van der Waals surface area contributed by atoms with Gasteiger partial charge in [-0.3, -0.25) is 0 Å². The van der Waals surface area contributed by atoms with E-state index in [9.17, 15) is 0 Å². The van der Waals surface area contributed by atoms with Crippen LogP contribution in [-0.4, -0.2) is 19.6 Å². The monoisotopic (exact) mass is 304 g/mol. The van der Waals surface area contributed by atoms with Gasteiger partial charge in [0.2, 0.25) is 0 Å². The molecule has 0 aromatic heterocycles. The standard InChI is InChI=1S/C18H21ClO2/c1-20-18-10-6-5-9-17(18)11-16(12-19)14-21-13-15-7-3-2-4-8-15/h2-10,16H,11-14H2,1H3. The van der Waals surface area contributed by atoms with Crippen LogP contribution in [0.3, 0.4) is 0 Å². The molecule has 0 radical (unpaired) electrons. The topological polar surface area (TPSA) is 18.5 Å². The van der Waals surface area contributed by atoms with Crippen LogP contribution in [0.15, 0.2) is 54.6 Å². The SMILES string of the molecule is COc1ccccc1CC(CCl)COCc1ccccc1. The van der Waals surface area contributed by atoms with Gasteiger partial charge in [-0.1, -0.05) is 48.5 Å². The van der Waals surface area contributed by atoms with Crippen molar-refractivity contribution >= 4 is 11.6 Å². The van der Waals surface area contributed by atoms with Gasteiger partial charge in [0, 0.05) is 5.88 Å². The van der Waals surface area contributed by atoms with Gasteiger partial charge in [0.25, 0.3) is 0 Å². The van der Waals surface area contributed by atoms with Crippen molar-refractivity contribution in [2.24, 2.45) is 5.92 Å². The number of hydrogen-bond acceptors (Lipinski definition) is 2. The first kappa shape index (κ1) is 15.9. The molecular weight excluding hydrogens is 284 g/mol. The van der Waals surface area contributed by atoms with Gasteiger partial charge in [-0.2, -0.15) is 0 Å². The number of ether oxygens (including phenoxy) is 2. The van der Waals surface area contributed by atoms with E-state index in [4.69, 9.17) is 21.1 Å². The maximum atomic E-state index is 6.07. The van der Waals surface area contributed by atoms with Crippen molar-refractivity contribution < 1.29 is 9.47 Å². The first-order chi connectivity index (χ1) is 10.3. The number of methoxy groups -OCH3 is 1. The predicted octanol–water partition coefficient (Wildman–Crippen LogP) is 4.31. The van der Waals surface area contributed by atoms with Gasteiger partial charge < -0.3 is 9.47 Å². The summed E-state index contributed by atoms with van der Waals surface area (Å²) in [5.41, 5.74) is 2.36. The Morgan fingerprint density at radius 3 is 2.43 bits per heavy atom. The maximum absolute atomic E-state index is 6.07. The van der Waals surface area contributed by atoms with Crippen LogP contribution in [0.25, 0.3) is 0 Å². The molecule has 0 saturated carbocycles. The molecule has 2 aromatic rings. The Morgan fingerprint density at radius 2 is 1.71 bits per heavy atom. The Bertz CT molecular complexity index is 528. The third kappa shape index (κ3) is 5.07. The van der Waals surface area contributed by atoms with Gasteiger partial charge >= 0.3 is 0 Å². The third-order valence-electron chi connectivity index (χ3n) is 3.38. The van der Waals surface area contributed by atoms with E-state index < -0.39 is 0 Å². The van der Waals surface area contributed by atoms with E-state index in [0.717, 1.165) is 12.2 Å². The number of halogens is 1.